The van der Waals surface area contributed by atoms with Crippen LogP contribution >= 0.6 is 11.5 Å². The number of carbonyl (C=O) groups excluding carboxylic acids is 2. The minimum atomic E-state index is -4.66. The van der Waals surface area contributed by atoms with Gasteiger partial charge in [-0.3, -0.25) is 9.59 Å². The van der Waals surface area contributed by atoms with Gasteiger partial charge in [0.05, 0.1) is 17.8 Å². The largest absolute Gasteiger partial charge is 0.416 e. The highest BCUT2D eigenvalue weighted by Gasteiger charge is 2.48. The number of alkyl halides is 3. The number of carbonyl (C=O) groups is 2. The van der Waals surface area contributed by atoms with Gasteiger partial charge in [0.1, 0.15) is 6.29 Å². The van der Waals surface area contributed by atoms with E-state index in [1.54, 1.807) is 6.07 Å². The Bertz CT molecular complexity index is 1280. The third-order valence-electron chi connectivity index (χ3n) is 6.72. The highest BCUT2D eigenvalue weighted by atomic mass is 32.1. The van der Waals surface area contributed by atoms with E-state index in [0.29, 0.717) is 17.9 Å². The second-order valence-electron chi connectivity index (χ2n) is 8.93. The van der Waals surface area contributed by atoms with Gasteiger partial charge in [-0.05, 0) is 72.6 Å². The van der Waals surface area contributed by atoms with Crippen molar-refractivity contribution in [3.8, 4) is 0 Å². The third-order valence-corrected chi connectivity index (χ3v) is 7.35. The topological polar surface area (TPSA) is 63.2 Å². The Balaban J connectivity index is 1.57. The molecule has 1 aliphatic carbocycles. The van der Waals surface area contributed by atoms with E-state index in [0.717, 1.165) is 35.0 Å². The summed E-state index contributed by atoms with van der Waals surface area (Å²) in [5.41, 5.74) is 0.815. The predicted octanol–water partition coefficient (Wildman–Crippen LogP) is 5.55. The summed E-state index contributed by atoms with van der Waals surface area (Å²) in [5.74, 6) is -0.0394. The highest BCUT2D eigenvalue weighted by molar-refractivity contribution is 7.05. The molecule has 0 saturated heterocycles. The predicted molar refractivity (Wildman–Crippen MR) is 118 cm³/mol. The van der Waals surface area contributed by atoms with E-state index in [1.807, 2.05) is 25.1 Å². The van der Waals surface area contributed by atoms with Gasteiger partial charge in [-0.2, -0.15) is 13.2 Å². The summed E-state index contributed by atoms with van der Waals surface area (Å²) in [6, 6.07) is 9.45. The van der Waals surface area contributed by atoms with Crippen LogP contribution < -0.4 is 4.90 Å². The first-order valence-corrected chi connectivity index (χ1v) is 11.3. The molecule has 3 aromatic rings. The minimum absolute atomic E-state index is 0.0798. The van der Waals surface area contributed by atoms with Crippen LogP contribution in [0.25, 0.3) is 0 Å². The molecule has 0 unspecified atom stereocenters. The molecule has 2 heterocycles. The number of fused-ring (bicyclic) bond motifs is 1. The summed E-state index contributed by atoms with van der Waals surface area (Å²) in [6.07, 6.45) is -2.56. The van der Waals surface area contributed by atoms with Gasteiger partial charge < -0.3 is 4.90 Å². The number of benzene rings is 2. The first-order valence-electron chi connectivity index (χ1n) is 10.5. The fourth-order valence-electron chi connectivity index (χ4n) is 5.30. The molecule has 1 aliphatic heterocycles. The van der Waals surface area contributed by atoms with Crippen LogP contribution in [0.4, 0.5) is 18.9 Å². The van der Waals surface area contributed by atoms with Gasteiger partial charge in [0, 0.05) is 27.1 Å². The number of hydrogen-bond donors (Lipinski definition) is 0. The molecule has 9 heteroatoms. The smallest absolute Gasteiger partial charge is 0.304 e. The number of anilines is 1. The first kappa shape index (κ1) is 21.8. The van der Waals surface area contributed by atoms with Gasteiger partial charge in [0.15, 0.2) is 0 Å². The van der Waals surface area contributed by atoms with Crippen molar-refractivity contribution in [1.82, 2.24) is 9.59 Å². The van der Waals surface area contributed by atoms with Crippen molar-refractivity contribution in [2.24, 2.45) is 5.92 Å². The number of nitrogens with zero attached hydrogens (tertiary/aromatic N) is 3. The number of rotatable bonds is 4. The molecule has 1 saturated carbocycles. The number of aromatic nitrogens is 2. The summed E-state index contributed by atoms with van der Waals surface area (Å²) in [5, 5.41) is 4.38. The van der Waals surface area contributed by atoms with Gasteiger partial charge in [-0.1, -0.05) is 23.5 Å². The Kier molecular flexibility index (Phi) is 4.93. The zero-order chi connectivity index (χ0) is 23.5. The van der Waals surface area contributed by atoms with Crippen molar-refractivity contribution < 1.29 is 22.8 Å². The Morgan fingerprint density at radius 3 is 2.58 bits per heavy atom. The number of hydrogen-bond acceptors (Lipinski definition) is 5. The van der Waals surface area contributed by atoms with Crippen molar-refractivity contribution in [3.63, 3.8) is 0 Å². The van der Waals surface area contributed by atoms with E-state index < -0.39 is 17.6 Å². The van der Waals surface area contributed by atoms with E-state index >= 15 is 0 Å². The van der Waals surface area contributed by atoms with Gasteiger partial charge >= 0.3 is 6.18 Å². The van der Waals surface area contributed by atoms with E-state index in [1.165, 1.54) is 22.5 Å². The average Bonchev–Trinajstić information content (AvgIpc) is 3.33. The van der Waals surface area contributed by atoms with Crippen LogP contribution in [0.5, 0.6) is 0 Å². The number of amides is 1. The number of aryl methyl sites for hydroxylation is 1. The summed E-state index contributed by atoms with van der Waals surface area (Å²) >= 11 is 1.34. The standard InChI is InChI=1S/C24H20F3N3O2S/c1-13-9-23(10-13,21-14(2)33-29-28-21)16-4-3-5-17(8-16)30-11-19-18(22(30)32)6-15(12-31)7-20(19)24(25,26)27/h3-8,12-13H,9-11H2,1-2H3. The average molecular weight is 472 g/mol. The van der Waals surface area contributed by atoms with Crippen molar-refractivity contribution in [3.05, 3.63) is 74.8 Å². The summed E-state index contributed by atoms with van der Waals surface area (Å²) in [6.45, 7) is 3.95. The van der Waals surface area contributed by atoms with Gasteiger partial charge in [-0.15, -0.1) is 5.10 Å². The molecular formula is C24H20F3N3O2S. The molecule has 33 heavy (non-hydrogen) atoms. The van der Waals surface area contributed by atoms with E-state index in [-0.39, 0.29) is 28.7 Å². The molecule has 0 atom stereocenters. The lowest BCUT2D eigenvalue weighted by molar-refractivity contribution is -0.138. The second kappa shape index (κ2) is 7.48. The molecule has 0 N–H and O–H groups in total. The zero-order valence-electron chi connectivity index (χ0n) is 17.9. The summed E-state index contributed by atoms with van der Waals surface area (Å²) in [4.78, 5) is 26.7. The monoisotopic (exact) mass is 471 g/mol. The van der Waals surface area contributed by atoms with Gasteiger partial charge in [-0.25, -0.2) is 0 Å². The molecule has 1 amide bonds. The van der Waals surface area contributed by atoms with Crippen molar-refractivity contribution in [2.75, 3.05) is 4.90 Å². The van der Waals surface area contributed by atoms with Crippen LogP contribution in [0, 0.1) is 12.8 Å². The van der Waals surface area contributed by atoms with E-state index in [9.17, 15) is 22.8 Å². The zero-order valence-corrected chi connectivity index (χ0v) is 18.8. The molecule has 5 rings (SSSR count). The van der Waals surface area contributed by atoms with Gasteiger partial charge in [0.25, 0.3) is 5.91 Å². The highest BCUT2D eigenvalue weighted by Crippen LogP contribution is 2.53. The van der Waals surface area contributed by atoms with Crippen molar-refractivity contribution in [1.29, 1.82) is 0 Å². The fourth-order valence-corrected chi connectivity index (χ4v) is 5.86. The quantitative estimate of drug-likeness (QED) is 0.468. The molecule has 5 nitrogen and oxygen atoms in total. The van der Waals surface area contributed by atoms with Gasteiger partial charge in [0.2, 0.25) is 0 Å². The van der Waals surface area contributed by atoms with Crippen LogP contribution in [0.2, 0.25) is 0 Å². The Morgan fingerprint density at radius 2 is 1.97 bits per heavy atom. The normalized spacial score (nSPS) is 22.3. The van der Waals surface area contributed by atoms with Crippen LogP contribution in [-0.4, -0.2) is 21.8 Å². The minimum Gasteiger partial charge on any atom is -0.304 e. The lowest BCUT2D eigenvalue weighted by atomic mass is 9.57. The molecule has 2 aliphatic rings. The second-order valence-corrected chi connectivity index (χ2v) is 9.88. The summed E-state index contributed by atoms with van der Waals surface area (Å²) in [7, 11) is 0. The molecule has 0 radical (unpaired) electrons. The number of aldehydes is 1. The van der Waals surface area contributed by atoms with Crippen molar-refractivity contribution in [2.45, 2.75) is 44.8 Å². The molecule has 0 bridgehead atoms. The molecule has 2 aromatic carbocycles. The molecule has 0 spiro atoms. The maximum Gasteiger partial charge on any atom is 0.416 e. The van der Waals surface area contributed by atoms with Crippen LogP contribution in [0.15, 0.2) is 36.4 Å². The molecule has 1 aromatic heterocycles. The first-order chi connectivity index (χ1) is 15.6. The number of halogens is 3. The van der Waals surface area contributed by atoms with Crippen LogP contribution in [0.3, 0.4) is 0 Å². The lowest BCUT2D eigenvalue weighted by Crippen LogP contribution is -2.42. The fraction of sp³-hybridized carbons (Fsp3) is 0.333. The van der Waals surface area contributed by atoms with Crippen molar-refractivity contribution >= 4 is 29.4 Å². The molecule has 170 valence electrons. The third kappa shape index (κ3) is 3.37. The Labute approximate surface area is 192 Å². The Hall–Kier alpha value is -3.07. The van der Waals surface area contributed by atoms with Crippen LogP contribution in [0.1, 0.15) is 67.7 Å². The maximum absolute atomic E-state index is 13.7. The lowest BCUT2D eigenvalue weighted by Gasteiger charge is -2.46. The molecule has 1 fully saturated rings. The SMILES string of the molecule is Cc1snnc1C1(c2cccc(N3Cc4c(cc(C=O)cc4C(F)(F)F)C3=O)c2)CC(C)C1. The molecular weight excluding hydrogens is 451 g/mol. The van der Waals surface area contributed by atoms with Crippen LogP contribution in [-0.2, 0) is 18.1 Å². The van der Waals surface area contributed by atoms with E-state index in [4.69, 9.17) is 0 Å². The Morgan fingerprint density at radius 1 is 1.21 bits per heavy atom. The van der Waals surface area contributed by atoms with E-state index in [2.05, 4.69) is 16.5 Å². The summed E-state index contributed by atoms with van der Waals surface area (Å²) < 4.78 is 45.1. The maximum atomic E-state index is 13.7.